The molecule has 0 amide bonds. The molecule has 11 N–H and O–H groups in total. The van der Waals surface area contributed by atoms with E-state index in [4.69, 9.17) is 24.7 Å². The summed E-state index contributed by atoms with van der Waals surface area (Å²) in [4.78, 5) is 83.3. The van der Waals surface area contributed by atoms with Gasteiger partial charge in [0.2, 0.25) is 0 Å². The number of rotatable bonds is 30. The van der Waals surface area contributed by atoms with Gasteiger partial charge >= 0.3 is 53.4 Å². The van der Waals surface area contributed by atoms with Gasteiger partial charge in [-0.1, -0.05) is 82.9 Å². The normalized spacial score (nSPS) is 14.2. The predicted molar refractivity (Wildman–Crippen MR) is 430 cm³/mol. The zero-order chi connectivity index (χ0) is 79.0. The third-order valence-corrected chi connectivity index (χ3v) is 22.7. The van der Waals surface area contributed by atoms with E-state index in [9.17, 15) is 62.8 Å². The van der Waals surface area contributed by atoms with Crippen molar-refractivity contribution in [3.8, 4) is 0 Å². The zero-order valence-corrected chi connectivity index (χ0v) is 68.7. The first kappa shape index (κ1) is 85.1. The quantitative estimate of drug-likeness (QED) is 0.0113. The van der Waals surface area contributed by atoms with E-state index in [-0.39, 0.29) is 85.8 Å². The summed E-state index contributed by atoms with van der Waals surface area (Å²) < 4.78 is 39.0. The van der Waals surface area contributed by atoms with Crippen LogP contribution < -0.4 is 29.6 Å². The second-order valence-electron chi connectivity index (χ2n) is 29.4. The van der Waals surface area contributed by atoms with E-state index in [2.05, 4.69) is 26.9 Å². The number of fused-ring (bicyclic) bond motifs is 16. The minimum atomic E-state index is -4.10. The third kappa shape index (κ3) is 19.7. The van der Waals surface area contributed by atoms with Crippen LogP contribution in [-0.2, 0) is 53.3 Å². The minimum Gasteiger partial charge on any atom is -0.481 e. The van der Waals surface area contributed by atoms with Crippen LogP contribution in [0.2, 0.25) is 0 Å². The van der Waals surface area contributed by atoms with Crippen LogP contribution in [0.4, 0.5) is 0 Å². The van der Waals surface area contributed by atoms with Gasteiger partial charge in [0.05, 0.1) is 74.9 Å². The summed E-state index contributed by atoms with van der Waals surface area (Å²) in [5.74, 6) is -3.81. The number of hydrogen-bond acceptors (Lipinski definition) is 13. The maximum atomic E-state index is 12.2. The maximum Gasteiger partial charge on any atom is 1.00 e. The Balaban J connectivity index is 0.000000522. The van der Waals surface area contributed by atoms with Gasteiger partial charge in [-0.2, -0.15) is 8.42 Å². The van der Waals surface area contributed by atoms with E-state index in [0.29, 0.717) is 107 Å². The Kier molecular flexibility index (Phi) is 28.6. The molecule has 4 atom stereocenters. The number of aromatic amines is 4. The first-order chi connectivity index (χ1) is 51.7. The monoisotopic (exact) mass is 1530 g/mol. The Morgan fingerprint density at radius 2 is 0.764 bits per heavy atom. The number of hydrogen-bond donors (Lipinski definition) is 11. The standard InChI is InChI=1S/C68H74N8O11.C18H30O3S.Na/c1-29-41(13-17-61(79)80)53-28-56-44(16-20-64(85)86)32(4)48(72-56)24-59-68(36(8)52(76-59)25-58-65(37(9)77)33(5)49(73-58)21-45(29)69-53)40(12)87-39(11)67-35(7)50-22-46-30(2)42(14-18-62(81)82)54(70-46)27-55-43(15-19-63(83)84)31(3)47(71-55)23-57-66(38(10)78)34(6)51(74-57)26-60(67)75-50;1-2-3-4-5-6-7-8-9-10-11-14-17-15-12-13-16-18(17)22(19,20)21;/h21-28,37-40,71-73,75,77-78H,13-20H2,1-12H3,(H,79,80)(H,81,82)(H,83,84)(H,85,86);12-13,15-16H,2-11,14H2,1H3,(H,19,20,21);/q;;+1. The van der Waals surface area contributed by atoms with Crippen LogP contribution in [0.15, 0.2) is 77.7 Å². The summed E-state index contributed by atoms with van der Waals surface area (Å²) in [7, 11) is -4.10. The molecule has 0 saturated carbocycles. The van der Waals surface area contributed by atoms with Crippen LogP contribution in [0.3, 0.4) is 0 Å². The number of carbonyl (C=O) groups is 4. The van der Waals surface area contributed by atoms with Crippen molar-refractivity contribution in [1.29, 1.82) is 0 Å². The molecule has 4 unspecified atom stereocenters. The average Bonchev–Trinajstić information content (AvgIpc) is 1.61. The summed E-state index contributed by atoms with van der Waals surface area (Å²) in [5.41, 5.74) is 23.2. The summed E-state index contributed by atoms with van der Waals surface area (Å²) in [6.45, 7) is 25.1. The van der Waals surface area contributed by atoms with Crippen LogP contribution in [0.1, 0.15) is 273 Å². The molecule has 578 valence electrons. The topological polar surface area (TPSA) is 368 Å². The molecule has 0 spiro atoms. The molecule has 0 saturated heterocycles. The number of nitrogens with zero attached hydrogens (tertiary/aromatic N) is 4. The Morgan fingerprint density at radius 3 is 1.21 bits per heavy atom. The second kappa shape index (κ2) is 36.9. The van der Waals surface area contributed by atoms with Crippen molar-refractivity contribution in [2.75, 3.05) is 0 Å². The average molecular weight is 1530 g/mol. The Labute approximate surface area is 664 Å². The number of unbranched alkanes of at least 4 members (excludes halogenated alkanes) is 9. The number of H-pyrrole nitrogens is 4. The molecule has 110 heavy (non-hydrogen) atoms. The van der Waals surface area contributed by atoms with Gasteiger partial charge in [-0.3, -0.25) is 23.7 Å². The molecule has 22 nitrogen and oxygen atoms in total. The SMILES string of the molecule is CC1=C(CCC(=O)O)c2cc3[nH]c(cc4nc(cc5[nH]c(cc1n2)c(C)c5C(C)OC(C)C1=C(C)c2cc5[nH]c(cc6nc(cc7[nH]c(cc1n2)c(C)c7CCC(=O)O)C(CCC(=O)O)=C6C)c(C)c5C(C)O)C(C)=C4C(C)O)c(C)c3CCC(=O)O.CCCCCCCCCCCCc1ccccc1S(=O)(=O)O.[Na+]. The first-order valence-electron chi connectivity index (χ1n) is 38.0. The molecule has 11 rings (SSSR count). The molecule has 16 bridgehead atoms. The number of ether oxygens (including phenoxy) is 1. The van der Waals surface area contributed by atoms with E-state index < -0.39 is 58.4 Å². The fraction of sp³-hybridized carbons (Fsp3) is 0.419. The van der Waals surface area contributed by atoms with Gasteiger partial charge in [-0.05, 0) is 249 Å². The fourth-order valence-corrected chi connectivity index (χ4v) is 16.6. The van der Waals surface area contributed by atoms with Crippen molar-refractivity contribution in [3.63, 3.8) is 0 Å². The van der Waals surface area contributed by atoms with E-state index >= 15 is 0 Å². The van der Waals surface area contributed by atoms with E-state index in [1.807, 2.05) is 124 Å². The molecule has 10 heterocycles. The van der Waals surface area contributed by atoms with Crippen molar-refractivity contribution < 1.29 is 97.1 Å². The van der Waals surface area contributed by atoms with E-state index in [1.165, 1.54) is 57.4 Å². The van der Waals surface area contributed by atoms with Crippen LogP contribution in [0.25, 0.3) is 88.7 Å². The Morgan fingerprint density at radius 1 is 0.409 bits per heavy atom. The molecule has 6 aromatic heterocycles. The van der Waals surface area contributed by atoms with E-state index in [1.54, 1.807) is 26.0 Å². The number of allylic oxidation sites excluding steroid dienone is 6. The number of aliphatic hydroxyl groups excluding tert-OH is 2. The van der Waals surface area contributed by atoms with E-state index in [0.717, 1.165) is 96.4 Å². The molecule has 4 aliphatic rings. The summed E-state index contributed by atoms with van der Waals surface area (Å²) in [6.07, 6.45) is 10.6. The van der Waals surface area contributed by atoms with Crippen LogP contribution in [0.5, 0.6) is 0 Å². The second-order valence-corrected chi connectivity index (χ2v) is 30.8. The largest absolute Gasteiger partial charge is 1.00 e. The van der Waals surface area contributed by atoms with Crippen molar-refractivity contribution >= 4 is 123 Å². The molecule has 1 aromatic carbocycles. The summed E-state index contributed by atoms with van der Waals surface area (Å²) in [6, 6.07) is 22.0. The number of nitrogens with one attached hydrogen (secondary N) is 4. The van der Waals surface area contributed by atoms with Gasteiger partial charge in [-0.25, -0.2) is 19.9 Å². The van der Waals surface area contributed by atoms with Gasteiger partial charge in [0, 0.05) is 92.1 Å². The molecule has 0 radical (unpaired) electrons. The molecule has 4 aliphatic heterocycles. The van der Waals surface area contributed by atoms with Gasteiger partial charge < -0.3 is 55.3 Å². The predicted octanol–water partition coefficient (Wildman–Crippen LogP) is 15.7. The third-order valence-electron chi connectivity index (χ3n) is 21.7. The van der Waals surface area contributed by atoms with Gasteiger partial charge in [0.1, 0.15) is 0 Å². The molecule has 24 heteroatoms. The number of aromatic nitrogens is 8. The Hall–Kier alpha value is -8.91. The molecule has 0 aliphatic carbocycles. The number of benzene rings is 1. The van der Waals surface area contributed by atoms with Crippen molar-refractivity contribution in [1.82, 2.24) is 39.9 Å². The summed E-state index contributed by atoms with van der Waals surface area (Å²) in [5, 5.41) is 62.2. The smallest absolute Gasteiger partial charge is 0.481 e. The van der Waals surface area contributed by atoms with Gasteiger partial charge in [-0.15, -0.1) is 0 Å². The number of carboxylic acid groups (broad SMARTS) is 4. The summed E-state index contributed by atoms with van der Waals surface area (Å²) >= 11 is 0. The molecule has 0 fully saturated rings. The molecular weight excluding hydrogens is 1420 g/mol. The number of aryl methyl sites for hydroxylation is 7. The van der Waals surface area contributed by atoms with Crippen LogP contribution in [-0.4, -0.2) is 120 Å². The molecule has 7 aromatic rings. The van der Waals surface area contributed by atoms with Crippen LogP contribution in [0, 0.1) is 27.7 Å². The van der Waals surface area contributed by atoms with Crippen molar-refractivity contribution in [2.24, 2.45) is 0 Å². The number of aliphatic hydroxyl groups is 2. The minimum absolute atomic E-state index is 0. The van der Waals surface area contributed by atoms with Gasteiger partial charge in [0.15, 0.2) is 0 Å². The molecular formula is C86H104N8NaO14S+. The number of carboxylic acids is 4. The van der Waals surface area contributed by atoms with Gasteiger partial charge in [0.25, 0.3) is 10.1 Å². The van der Waals surface area contributed by atoms with Crippen molar-refractivity contribution in [2.45, 2.75) is 241 Å². The van der Waals surface area contributed by atoms with Crippen molar-refractivity contribution in [3.05, 3.63) is 168 Å². The maximum absolute atomic E-state index is 12.2. The number of aliphatic carboxylic acids is 4. The first-order valence-corrected chi connectivity index (χ1v) is 39.4. The zero-order valence-electron chi connectivity index (χ0n) is 65.9. The van der Waals surface area contributed by atoms with Crippen LogP contribution >= 0.6 is 0 Å². The fourth-order valence-electron chi connectivity index (χ4n) is 15.8. The Bertz CT molecular complexity index is 5340.